The van der Waals surface area contributed by atoms with Gasteiger partial charge in [-0.3, -0.25) is 47.9 Å². The van der Waals surface area contributed by atoms with Crippen molar-refractivity contribution in [1.29, 1.82) is 0 Å². The molecule has 0 saturated carbocycles. The lowest BCUT2D eigenvalue weighted by molar-refractivity contribution is -0.143. The molecule has 5 rings (SSSR count). The molecule has 0 radical (unpaired) electrons. The Morgan fingerprint density at radius 3 is 2.15 bits per heavy atom. The molecule has 2 bridgehead atoms. The van der Waals surface area contributed by atoms with E-state index in [4.69, 9.17) is 11.5 Å². The molecule has 1 fully saturated rings. The second kappa shape index (κ2) is 23.6. The number of H-pyrrole nitrogens is 1. The summed E-state index contributed by atoms with van der Waals surface area (Å²) in [6.45, 7) is 5.25. The highest BCUT2D eigenvalue weighted by molar-refractivity contribution is 7.91. The van der Waals surface area contributed by atoms with E-state index in [0.717, 1.165) is 4.90 Å². The van der Waals surface area contributed by atoms with E-state index in [1.54, 1.807) is 39.8 Å². The molecule has 68 heavy (non-hydrogen) atoms. The summed E-state index contributed by atoms with van der Waals surface area (Å²) in [6, 6.07) is -4.51. The summed E-state index contributed by atoms with van der Waals surface area (Å²) >= 11 is -2.35. The predicted octanol–water partition coefficient (Wildman–Crippen LogP) is -3.89. The number of aromatic amines is 1. The van der Waals surface area contributed by atoms with Crippen LogP contribution in [0.2, 0.25) is 0 Å². The number of nitrogens with zero attached hydrogens (tertiary/aromatic N) is 1. The van der Waals surface area contributed by atoms with Gasteiger partial charge in [0, 0.05) is 53.6 Å². The first kappa shape index (κ1) is 52.7. The average molecular weight is 971 g/mol. The summed E-state index contributed by atoms with van der Waals surface area (Å²) in [7, 11) is 0. The Morgan fingerprint density at radius 2 is 1.50 bits per heavy atom. The van der Waals surface area contributed by atoms with Crippen LogP contribution in [0.3, 0.4) is 0 Å². The zero-order chi connectivity index (χ0) is 50.0. The van der Waals surface area contributed by atoms with Crippen molar-refractivity contribution in [2.45, 2.75) is 120 Å². The van der Waals surface area contributed by atoms with Gasteiger partial charge in [-0.05, 0) is 36.9 Å². The van der Waals surface area contributed by atoms with Crippen LogP contribution >= 0.6 is 0 Å². The second-order valence-electron chi connectivity index (χ2n) is 17.4. The maximum Gasteiger partial charge on any atom is 0.248 e. The molecular formula is C43H62N12O12S. The number of primary amides is 1. The van der Waals surface area contributed by atoms with Gasteiger partial charge >= 0.3 is 0 Å². The molecule has 10 atom stereocenters. The van der Waals surface area contributed by atoms with Crippen LogP contribution in [0, 0.1) is 11.8 Å². The summed E-state index contributed by atoms with van der Waals surface area (Å²) in [5, 5.41) is 31.5. The number of carbonyl (C=O) groups is 10. The van der Waals surface area contributed by atoms with E-state index in [9.17, 15) is 57.6 Å². The van der Waals surface area contributed by atoms with Gasteiger partial charge in [-0.25, -0.2) is 0 Å². The number of hydrogen-bond donors (Lipinski definition) is 12. The van der Waals surface area contributed by atoms with Crippen LogP contribution in [0.5, 0.6) is 0 Å². The first-order chi connectivity index (χ1) is 32.2. The molecule has 1 aromatic heterocycles. The minimum absolute atomic E-state index is 0.0965. The molecule has 0 aliphatic carbocycles. The van der Waals surface area contributed by atoms with Gasteiger partial charge in [0.05, 0.1) is 31.1 Å². The van der Waals surface area contributed by atoms with Crippen LogP contribution in [0.15, 0.2) is 23.2 Å². The van der Waals surface area contributed by atoms with Crippen LogP contribution in [-0.4, -0.2) is 153 Å². The molecule has 2 unspecified atom stereocenters. The van der Waals surface area contributed by atoms with E-state index in [0.29, 0.717) is 30.3 Å². The maximum atomic E-state index is 14.8. The topological polar surface area (TPSA) is 381 Å². The number of nitrogens with one attached hydrogen (secondary N) is 9. The van der Waals surface area contributed by atoms with E-state index >= 15 is 0 Å². The van der Waals surface area contributed by atoms with E-state index in [1.807, 2.05) is 0 Å². The first-order valence-electron chi connectivity index (χ1n) is 22.6. The number of aliphatic hydroxyl groups excluding tert-OH is 1. The van der Waals surface area contributed by atoms with E-state index in [1.165, 1.54) is 6.07 Å². The van der Waals surface area contributed by atoms with Crippen LogP contribution in [0.1, 0.15) is 71.8 Å². The summed E-state index contributed by atoms with van der Waals surface area (Å²) in [5.41, 5.74) is 11.9. The number of aliphatic hydroxyl groups is 1. The largest absolute Gasteiger partial charge is 0.610 e. The normalized spacial score (nSPS) is 27.0. The Balaban J connectivity index is 1.73. The number of amides is 10. The van der Waals surface area contributed by atoms with Gasteiger partial charge in [-0.1, -0.05) is 46.6 Å². The fraction of sp³-hybridized carbons (Fsp3) is 0.581. The number of carbonyl (C=O) groups excluding carboxylic acids is 10. The molecule has 14 N–H and O–H groups in total. The van der Waals surface area contributed by atoms with Gasteiger partial charge in [0.2, 0.25) is 64.1 Å². The SMILES string of the molecule is CC[C@H](C)[C@@H]1NC(=O)CNC(=O)[C@@H]2Cc3c([nH]c4cc(NC(=O)CCCN)ccc34)[S+]([O-])C[C@H](NC(=O)CNC1=O)C(=O)NC(CC(N)=O)C(=O)N1C[C@H](O)C[C@H]1C(=O)N[C@@H]([C@@H](C)CC)C(=O)N2. The highest BCUT2D eigenvalue weighted by Crippen LogP contribution is 2.31. The van der Waals surface area contributed by atoms with Gasteiger partial charge in [0.25, 0.3) is 0 Å². The standard InChI is InChI=1S/C43H62N12O12S/c1-5-20(3)35-40(64)47-16-33(59)49-29-19-68(67)42-25(24-10-9-22(12-26(24)52-42)48-32(58)8-7-11-44)14-27(37(61)46-17-34(60)53-35)50-41(65)36(21(4)6-2)54-39(63)30-13-23(56)18-55(30)43(66)28(15-31(45)57)51-38(29)62/h9-10,12,20-21,23,27-30,35-36,52,56H,5-8,11,13-19,44H2,1-4H3,(H2,45,57)(H,46,61)(H,47,64)(H,48,58)(H,49,59)(H,50,65)(H,51,62)(H,53,60)(H,54,63)/t20-,21-,23+,27-,28?,29-,30-,35-,36-,68?/m0/s1. The Labute approximate surface area is 394 Å². The number of fused-ring (bicyclic) bond motifs is 5. The summed E-state index contributed by atoms with van der Waals surface area (Å²) in [6.07, 6.45) is -1.56. The molecule has 372 valence electrons. The molecule has 4 heterocycles. The monoisotopic (exact) mass is 970 g/mol. The fourth-order valence-electron chi connectivity index (χ4n) is 8.15. The van der Waals surface area contributed by atoms with Crippen LogP contribution in [0.4, 0.5) is 5.69 Å². The summed E-state index contributed by atoms with van der Waals surface area (Å²) in [4.78, 5) is 141. The molecule has 1 saturated heterocycles. The number of aromatic nitrogens is 1. The number of anilines is 1. The Bertz CT molecular complexity index is 2280. The fourth-order valence-corrected chi connectivity index (χ4v) is 9.55. The van der Waals surface area contributed by atoms with Crippen molar-refractivity contribution in [2.75, 3.05) is 37.2 Å². The molecule has 25 heteroatoms. The van der Waals surface area contributed by atoms with E-state index in [-0.39, 0.29) is 41.4 Å². The Morgan fingerprint density at radius 1 is 0.853 bits per heavy atom. The van der Waals surface area contributed by atoms with Crippen molar-refractivity contribution in [2.24, 2.45) is 23.3 Å². The lowest BCUT2D eigenvalue weighted by Gasteiger charge is -2.32. The van der Waals surface area contributed by atoms with Crippen LogP contribution in [-0.2, 0) is 65.5 Å². The number of benzene rings is 1. The zero-order valence-electron chi connectivity index (χ0n) is 38.4. The van der Waals surface area contributed by atoms with Crippen LogP contribution < -0.4 is 54.0 Å². The molecule has 2 aromatic rings. The number of nitrogens with two attached hydrogens (primary N) is 2. The van der Waals surface area contributed by atoms with Crippen molar-refractivity contribution in [3.8, 4) is 0 Å². The summed E-state index contributed by atoms with van der Waals surface area (Å²) < 4.78 is 14.8. The molecule has 1 aromatic carbocycles. The number of hydrogen-bond acceptors (Lipinski definition) is 13. The molecule has 24 nitrogen and oxygen atoms in total. The third-order valence-electron chi connectivity index (χ3n) is 12.3. The third-order valence-corrected chi connectivity index (χ3v) is 13.8. The quantitative estimate of drug-likeness (QED) is 0.102. The smallest absolute Gasteiger partial charge is 0.248 e. The van der Waals surface area contributed by atoms with E-state index in [2.05, 4.69) is 47.5 Å². The number of rotatable bonds is 10. The van der Waals surface area contributed by atoms with Crippen molar-refractivity contribution in [3.05, 3.63) is 23.8 Å². The zero-order valence-corrected chi connectivity index (χ0v) is 39.2. The third kappa shape index (κ3) is 13.2. The Hall–Kier alpha value is -6.31. The summed E-state index contributed by atoms with van der Waals surface area (Å²) in [5.74, 6) is -10.6. The average Bonchev–Trinajstić information content (AvgIpc) is 3.87. The minimum Gasteiger partial charge on any atom is -0.610 e. The van der Waals surface area contributed by atoms with Crippen molar-refractivity contribution < 1.29 is 57.6 Å². The molecule has 0 spiro atoms. The van der Waals surface area contributed by atoms with Crippen LogP contribution in [0.25, 0.3) is 10.9 Å². The lowest BCUT2D eigenvalue weighted by atomic mass is 9.96. The van der Waals surface area contributed by atoms with Gasteiger partial charge in [-0.2, -0.15) is 0 Å². The Kier molecular flexibility index (Phi) is 18.3. The van der Waals surface area contributed by atoms with Crippen molar-refractivity contribution >= 4 is 86.8 Å². The van der Waals surface area contributed by atoms with Crippen molar-refractivity contribution in [3.63, 3.8) is 0 Å². The maximum absolute atomic E-state index is 14.8. The van der Waals surface area contributed by atoms with Gasteiger partial charge in [0.1, 0.15) is 36.0 Å². The van der Waals surface area contributed by atoms with Gasteiger partial charge in [-0.15, -0.1) is 0 Å². The van der Waals surface area contributed by atoms with Gasteiger partial charge < -0.3 is 73.5 Å². The minimum atomic E-state index is -2.35. The molecule has 10 amide bonds. The predicted molar refractivity (Wildman–Crippen MR) is 245 cm³/mol. The van der Waals surface area contributed by atoms with Gasteiger partial charge in [0.15, 0.2) is 6.04 Å². The second-order valence-corrected chi connectivity index (χ2v) is 18.8. The molecular weight excluding hydrogens is 909 g/mol. The van der Waals surface area contributed by atoms with Crippen molar-refractivity contribution in [1.82, 2.24) is 47.1 Å². The van der Waals surface area contributed by atoms with E-state index < -0.39 is 157 Å². The lowest BCUT2D eigenvalue weighted by Crippen LogP contribution is -2.61. The molecule has 3 aliphatic rings. The first-order valence-corrected chi connectivity index (χ1v) is 23.9. The highest BCUT2D eigenvalue weighted by atomic mass is 32.2. The molecule has 3 aliphatic heterocycles. The highest BCUT2D eigenvalue weighted by Gasteiger charge is 2.45.